The van der Waals surface area contributed by atoms with Gasteiger partial charge in [0.1, 0.15) is 11.3 Å². The maximum Gasteiger partial charge on any atom is 0.339 e. The summed E-state index contributed by atoms with van der Waals surface area (Å²) in [4.78, 5) is 35.0. The molecule has 0 unspecified atom stereocenters. The molecule has 1 aromatic carbocycles. The normalized spacial score (nSPS) is 10.9. The van der Waals surface area contributed by atoms with Crippen molar-refractivity contribution in [2.24, 2.45) is 0 Å². The van der Waals surface area contributed by atoms with Crippen molar-refractivity contribution < 1.29 is 14.3 Å². The minimum Gasteiger partial charge on any atom is -0.478 e. The third-order valence-corrected chi connectivity index (χ3v) is 4.03. The highest BCUT2D eigenvalue weighted by Gasteiger charge is 2.16. The summed E-state index contributed by atoms with van der Waals surface area (Å²) >= 11 is 0.937. The van der Waals surface area contributed by atoms with Crippen LogP contribution in [-0.4, -0.2) is 15.6 Å². The summed E-state index contributed by atoms with van der Waals surface area (Å²) in [6.07, 6.45) is 1.22. The molecule has 0 aliphatic carbocycles. The number of hydrogen-bond donors (Lipinski definition) is 1. The summed E-state index contributed by atoms with van der Waals surface area (Å²) in [5.41, 5.74) is -0.512. The van der Waals surface area contributed by atoms with Crippen LogP contribution >= 0.6 is 11.3 Å². The van der Waals surface area contributed by atoms with Crippen LogP contribution in [0.3, 0.4) is 0 Å². The fourth-order valence-corrected chi connectivity index (χ4v) is 2.90. The second kappa shape index (κ2) is 5.02. The van der Waals surface area contributed by atoms with Gasteiger partial charge in [0.05, 0.1) is 18.2 Å². The molecule has 106 valence electrons. The third kappa shape index (κ3) is 2.27. The van der Waals surface area contributed by atoms with Crippen molar-refractivity contribution >= 4 is 27.4 Å². The Hall–Kier alpha value is -2.67. The summed E-state index contributed by atoms with van der Waals surface area (Å²) in [6, 6.07) is 8.07. The SMILES string of the molecule is O=C(O)c1ccoc1Cn1c(=O)sc2ccccc2c1=O. The average Bonchev–Trinajstić information content (AvgIpc) is 2.92. The highest BCUT2D eigenvalue weighted by molar-refractivity contribution is 7.16. The number of carbonyl (C=O) groups is 1. The molecule has 0 saturated heterocycles. The number of furan rings is 1. The van der Waals surface area contributed by atoms with Crippen LogP contribution in [0, 0.1) is 0 Å². The number of aromatic nitrogens is 1. The molecule has 0 aliphatic rings. The molecule has 0 radical (unpaired) electrons. The molecule has 2 heterocycles. The van der Waals surface area contributed by atoms with Gasteiger partial charge in [0.15, 0.2) is 0 Å². The molecular weight excluding hydrogens is 294 g/mol. The van der Waals surface area contributed by atoms with E-state index in [4.69, 9.17) is 9.52 Å². The lowest BCUT2D eigenvalue weighted by Crippen LogP contribution is -2.31. The van der Waals surface area contributed by atoms with E-state index in [0.717, 1.165) is 15.9 Å². The van der Waals surface area contributed by atoms with Gasteiger partial charge in [-0.05, 0) is 18.2 Å². The Morgan fingerprint density at radius 3 is 2.76 bits per heavy atom. The first-order valence-electron chi connectivity index (χ1n) is 6.00. The van der Waals surface area contributed by atoms with E-state index in [1.165, 1.54) is 12.3 Å². The van der Waals surface area contributed by atoms with E-state index in [1.54, 1.807) is 24.3 Å². The molecule has 21 heavy (non-hydrogen) atoms. The summed E-state index contributed by atoms with van der Waals surface area (Å²) in [6.45, 7) is -0.201. The van der Waals surface area contributed by atoms with Gasteiger partial charge in [-0.3, -0.25) is 14.2 Å². The number of benzene rings is 1. The van der Waals surface area contributed by atoms with Crippen molar-refractivity contribution in [1.29, 1.82) is 0 Å². The predicted octanol–water partition coefficient (Wildman–Crippen LogP) is 1.76. The van der Waals surface area contributed by atoms with E-state index in [2.05, 4.69) is 0 Å². The quantitative estimate of drug-likeness (QED) is 0.796. The Labute approximate surface area is 121 Å². The van der Waals surface area contributed by atoms with Crippen LogP contribution in [0.25, 0.3) is 10.1 Å². The summed E-state index contributed by atoms with van der Waals surface area (Å²) in [7, 11) is 0. The average molecular weight is 303 g/mol. The van der Waals surface area contributed by atoms with Crippen LogP contribution in [0.4, 0.5) is 0 Å². The summed E-state index contributed by atoms with van der Waals surface area (Å²) in [5, 5.41) is 9.44. The molecule has 3 aromatic rings. The molecule has 1 N–H and O–H groups in total. The molecule has 0 aliphatic heterocycles. The lowest BCUT2D eigenvalue weighted by molar-refractivity contribution is 0.0694. The fraction of sp³-hybridized carbons (Fsp3) is 0.0714. The lowest BCUT2D eigenvalue weighted by atomic mass is 10.2. The van der Waals surface area contributed by atoms with Crippen molar-refractivity contribution in [2.75, 3.05) is 0 Å². The Morgan fingerprint density at radius 1 is 1.24 bits per heavy atom. The third-order valence-electron chi connectivity index (χ3n) is 3.06. The molecule has 0 saturated carbocycles. The summed E-state index contributed by atoms with van der Waals surface area (Å²) in [5.74, 6) is -1.09. The molecule has 2 aromatic heterocycles. The zero-order chi connectivity index (χ0) is 15.0. The van der Waals surface area contributed by atoms with E-state index in [9.17, 15) is 14.4 Å². The van der Waals surface area contributed by atoms with Crippen molar-refractivity contribution in [3.63, 3.8) is 0 Å². The topological polar surface area (TPSA) is 89.5 Å². The Morgan fingerprint density at radius 2 is 2.00 bits per heavy atom. The van der Waals surface area contributed by atoms with Gasteiger partial charge in [-0.1, -0.05) is 23.5 Å². The maximum absolute atomic E-state index is 12.3. The predicted molar refractivity (Wildman–Crippen MR) is 77.1 cm³/mol. The van der Waals surface area contributed by atoms with Gasteiger partial charge in [0, 0.05) is 4.70 Å². The standard InChI is InChI=1S/C14H9NO5S/c16-12-9-3-1-2-4-11(9)21-14(19)15(12)7-10-8(13(17)18)5-6-20-10/h1-6H,7H2,(H,17,18). The zero-order valence-corrected chi connectivity index (χ0v) is 11.4. The molecular formula is C14H9NO5S. The van der Waals surface area contributed by atoms with Gasteiger partial charge in [-0.25, -0.2) is 4.79 Å². The smallest absolute Gasteiger partial charge is 0.339 e. The van der Waals surface area contributed by atoms with Gasteiger partial charge in [0.25, 0.3) is 5.56 Å². The molecule has 0 bridgehead atoms. The highest BCUT2D eigenvalue weighted by atomic mass is 32.1. The molecule has 0 atom stereocenters. The Balaban J connectivity index is 2.17. The second-order valence-electron chi connectivity index (χ2n) is 4.32. The fourth-order valence-electron chi connectivity index (χ4n) is 2.04. The largest absolute Gasteiger partial charge is 0.478 e. The van der Waals surface area contributed by atoms with E-state index >= 15 is 0 Å². The van der Waals surface area contributed by atoms with E-state index in [0.29, 0.717) is 10.1 Å². The molecule has 0 spiro atoms. The van der Waals surface area contributed by atoms with Crippen molar-refractivity contribution in [3.8, 4) is 0 Å². The minimum absolute atomic E-state index is 0.0561. The number of carboxylic acid groups (broad SMARTS) is 1. The molecule has 0 fully saturated rings. The van der Waals surface area contributed by atoms with Crippen LogP contribution in [0.5, 0.6) is 0 Å². The van der Waals surface area contributed by atoms with Gasteiger partial charge in [-0.2, -0.15) is 0 Å². The van der Waals surface area contributed by atoms with Gasteiger partial charge in [0.2, 0.25) is 0 Å². The van der Waals surface area contributed by atoms with Crippen molar-refractivity contribution in [1.82, 2.24) is 4.57 Å². The molecule has 6 nitrogen and oxygen atoms in total. The number of hydrogen-bond acceptors (Lipinski definition) is 5. The molecule has 0 amide bonds. The zero-order valence-electron chi connectivity index (χ0n) is 10.6. The van der Waals surface area contributed by atoms with Crippen LogP contribution in [0.2, 0.25) is 0 Å². The first kappa shape index (κ1) is 13.3. The number of carboxylic acids is 1. The van der Waals surface area contributed by atoms with Gasteiger partial charge in [-0.15, -0.1) is 0 Å². The van der Waals surface area contributed by atoms with Crippen molar-refractivity contribution in [3.05, 3.63) is 67.9 Å². The summed E-state index contributed by atoms with van der Waals surface area (Å²) < 4.78 is 6.66. The minimum atomic E-state index is -1.16. The van der Waals surface area contributed by atoms with E-state index < -0.39 is 16.4 Å². The van der Waals surface area contributed by atoms with Gasteiger partial charge >= 0.3 is 10.8 Å². The lowest BCUT2D eigenvalue weighted by Gasteiger charge is -2.04. The van der Waals surface area contributed by atoms with E-state index in [1.807, 2.05) is 0 Å². The second-order valence-corrected chi connectivity index (χ2v) is 5.31. The first-order valence-corrected chi connectivity index (χ1v) is 6.82. The Kier molecular flexibility index (Phi) is 3.19. The van der Waals surface area contributed by atoms with Crippen LogP contribution in [0.15, 0.2) is 50.6 Å². The van der Waals surface area contributed by atoms with Crippen LogP contribution in [-0.2, 0) is 6.54 Å². The molecule has 7 heteroatoms. The Bertz CT molecular complexity index is 950. The first-order chi connectivity index (χ1) is 10.1. The number of fused-ring (bicyclic) bond motifs is 1. The van der Waals surface area contributed by atoms with E-state index in [-0.39, 0.29) is 17.9 Å². The van der Waals surface area contributed by atoms with Crippen LogP contribution < -0.4 is 10.4 Å². The van der Waals surface area contributed by atoms with Gasteiger partial charge < -0.3 is 9.52 Å². The van der Waals surface area contributed by atoms with Crippen molar-refractivity contribution in [2.45, 2.75) is 6.54 Å². The monoisotopic (exact) mass is 303 g/mol. The number of nitrogens with zero attached hydrogens (tertiary/aromatic N) is 1. The highest BCUT2D eigenvalue weighted by Crippen LogP contribution is 2.14. The maximum atomic E-state index is 12.3. The molecule has 3 rings (SSSR count). The van der Waals surface area contributed by atoms with Crippen LogP contribution in [0.1, 0.15) is 16.1 Å². The number of aromatic carboxylic acids is 1. The number of rotatable bonds is 3.